The third kappa shape index (κ3) is 4.60. The van der Waals surface area contributed by atoms with Crippen LogP contribution in [0.25, 0.3) is 0 Å². The first-order valence-corrected chi connectivity index (χ1v) is 6.44. The molecule has 1 N–H and O–H groups in total. The molecule has 0 spiro atoms. The summed E-state index contributed by atoms with van der Waals surface area (Å²) < 4.78 is 5.98. The molecule has 0 fully saturated rings. The molecule has 1 rings (SSSR count). The van der Waals surface area contributed by atoms with Gasteiger partial charge in [-0.1, -0.05) is 20.8 Å². The molecule has 1 heterocycles. The first kappa shape index (κ1) is 14.4. The Bertz CT molecular complexity index is 377. The Morgan fingerprint density at radius 3 is 2.59 bits per heavy atom. The van der Waals surface area contributed by atoms with E-state index in [-0.39, 0.29) is 11.5 Å². The summed E-state index contributed by atoms with van der Waals surface area (Å²) in [6.07, 6.45) is 0.154. The van der Waals surface area contributed by atoms with Crippen molar-refractivity contribution in [3.8, 4) is 0 Å². The van der Waals surface area contributed by atoms with E-state index >= 15 is 0 Å². The standard InChI is InChI=1S/C12H20BrN3O/c1-8(17-5)7-14-10-6-9(13)15-11(16-10)12(2,3)4/h6,8H,7H2,1-5H3,(H,14,15,16). The predicted molar refractivity (Wildman–Crippen MR) is 73.4 cm³/mol. The lowest BCUT2D eigenvalue weighted by Crippen LogP contribution is -2.21. The third-order valence-corrected chi connectivity index (χ3v) is 2.74. The average molecular weight is 302 g/mol. The fourth-order valence-corrected chi connectivity index (χ4v) is 1.56. The number of rotatable bonds is 4. The number of hydrogen-bond donors (Lipinski definition) is 1. The van der Waals surface area contributed by atoms with Crippen LogP contribution in [0.4, 0.5) is 5.82 Å². The highest BCUT2D eigenvalue weighted by Gasteiger charge is 2.18. The Hall–Kier alpha value is -0.680. The van der Waals surface area contributed by atoms with Gasteiger partial charge in [-0.2, -0.15) is 0 Å². The third-order valence-electron chi connectivity index (χ3n) is 2.34. The van der Waals surface area contributed by atoms with Crippen LogP contribution in [0.1, 0.15) is 33.5 Å². The quantitative estimate of drug-likeness (QED) is 0.869. The first-order valence-electron chi connectivity index (χ1n) is 5.64. The Labute approximate surface area is 111 Å². The van der Waals surface area contributed by atoms with Crippen molar-refractivity contribution in [2.45, 2.75) is 39.2 Å². The lowest BCUT2D eigenvalue weighted by atomic mass is 9.96. The summed E-state index contributed by atoms with van der Waals surface area (Å²) in [5.41, 5.74) is -0.0624. The van der Waals surface area contributed by atoms with Gasteiger partial charge in [-0.15, -0.1) is 0 Å². The van der Waals surface area contributed by atoms with Crippen LogP contribution in [0.5, 0.6) is 0 Å². The van der Waals surface area contributed by atoms with Gasteiger partial charge in [0.1, 0.15) is 16.2 Å². The molecule has 0 saturated carbocycles. The molecule has 1 atom stereocenters. The van der Waals surface area contributed by atoms with Gasteiger partial charge in [0, 0.05) is 25.1 Å². The molecule has 0 aliphatic carbocycles. The molecule has 17 heavy (non-hydrogen) atoms. The number of nitrogens with one attached hydrogen (secondary N) is 1. The zero-order valence-corrected chi connectivity index (χ0v) is 12.6. The summed E-state index contributed by atoms with van der Waals surface area (Å²) in [6, 6.07) is 1.87. The van der Waals surface area contributed by atoms with E-state index < -0.39 is 0 Å². The van der Waals surface area contributed by atoms with Crippen molar-refractivity contribution in [1.29, 1.82) is 0 Å². The van der Waals surface area contributed by atoms with Crippen LogP contribution in [0.15, 0.2) is 10.7 Å². The number of methoxy groups -OCH3 is 1. The van der Waals surface area contributed by atoms with E-state index in [1.807, 2.05) is 13.0 Å². The normalized spacial score (nSPS) is 13.5. The molecule has 0 aliphatic rings. The second kappa shape index (κ2) is 5.78. The molecule has 0 radical (unpaired) electrons. The fraction of sp³-hybridized carbons (Fsp3) is 0.667. The van der Waals surface area contributed by atoms with Gasteiger partial charge >= 0.3 is 0 Å². The van der Waals surface area contributed by atoms with Gasteiger partial charge in [0.15, 0.2) is 0 Å². The van der Waals surface area contributed by atoms with E-state index in [0.29, 0.717) is 0 Å². The maximum absolute atomic E-state index is 5.18. The van der Waals surface area contributed by atoms with Crippen LogP contribution in [-0.2, 0) is 10.2 Å². The second-order valence-corrected chi connectivity index (χ2v) is 5.89. The van der Waals surface area contributed by atoms with Gasteiger partial charge in [0.05, 0.1) is 6.10 Å². The second-order valence-electron chi connectivity index (χ2n) is 5.08. The first-order chi connectivity index (χ1) is 7.82. The smallest absolute Gasteiger partial charge is 0.137 e. The van der Waals surface area contributed by atoms with E-state index in [4.69, 9.17) is 4.74 Å². The maximum Gasteiger partial charge on any atom is 0.137 e. The van der Waals surface area contributed by atoms with E-state index in [0.717, 1.165) is 22.8 Å². The molecule has 1 aromatic heterocycles. The van der Waals surface area contributed by atoms with E-state index in [1.54, 1.807) is 7.11 Å². The molecule has 0 aromatic carbocycles. The number of hydrogen-bond acceptors (Lipinski definition) is 4. The van der Waals surface area contributed by atoms with Crippen LogP contribution in [0, 0.1) is 0 Å². The van der Waals surface area contributed by atoms with Gasteiger partial charge in [0.25, 0.3) is 0 Å². The van der Waals surface area contributed by atoms with Crippen molar-refractivity contribution in [2.24, 2.45) is 0 Å². The van der Waals surface area contributed by atoms with Crippen LogP contribution < -0.4 is 5.32 Å². The Balaban J connectivity index is 2.83. The molecule has 96 valence electrons. The number of nitrogens with zero attached hydrogens (tertiary/aromatic N) is 2. The SMILES string of the molecule is COC(C)CNc1cc(Br)nc(C(C)(C)C)n1. The minimum atomic E-state index is -0.0624. The van der Waals surface area contributed by atoms with Crippen LogP contribution in [0.3, 0.4) is 0 Å². The molecule has 1 aromatic rings. The van der Waals surface area contributed by atoms with Gasteiger partial charge in [0.2, 0.25) is 0 Å². The Morgan fingerprint density at radius 2 is 2.06 bits per heavy atom. The van der Waals surface area contributed by atoms with Crippen LogP contribution >= 0.6 is 15.9 Å². The Kier molecular flexibility index (Phi) is 4.89. The van der Waals surface area contributed by atoms with Gasteiger partial charge in [-0.25, -0.2) is 9.97 Å². The lowest BCUT2D eigenvalue weighted by Gasteiger charge is -2.18. The van der Waals surface area contributed by atoms with Crippen molar-refractivity contribution in [1.82, 2.24) is 9.97 Å². The highest BCUT2D eigenvalue weighted by Crippen LogP contribution is 2.22. The number of halogens is 1. The summed E-state index contributed by atoms with van der Waals surface area (Å²) in [4.78, 5) is 8.89. The van der Waals surface area contributed by atoms with Crippen molar-refractivity contribution in [3.63, 3.8) is 0 Å². The number of aromatic nitrogens is 2. The molecule has 1 unspecified atom stereocenters. The molecule has 0 amide bonds. The minimum Gasteiger partial charge on any atom is -0.380 e. The predicted octanol–water partition coefficient (Wildman–Crippen LogP) is 2.98. The minimum absolute atomic E-state index is 0.0624. The fourth-order valence-electron chi connectivity index (χ4n) is 1.18. The van der Waals surface area contributed by atoms with Gasteiger partial charge < -0.3 is 10.1 Å². The summed E-state index contributed by atoms with van der Waals surface area (Å²) in [5, 5.41) is 3.24. The summed E-state index contributed by atoms with van der Waals surface area (Å²) in [6.45, 7) is 9.01. The van der Waals surface area contributed by atoms with Crippen molar-refractivity contribution < 1.29 is 4.74 Å². The molecule has 0 saturated heterocycles. The molecular formula is C12H20BrN3O. The molecule has 0 bridgehead atoms. The highest BCUT2D eigenvalue weighted by atomic mass is 79.9. The molecule has 0 aliphatic heterocycles. The van der Waals surface area contributed by atoms with E-state index in [1.165, 1.54) is 0 Å². The summed E-state index contributed by atoms with van der Waals surface area (Å²) in [5.74, 6) is 1.64. The molecule has 5 heteroatoms. The molecule has 4 nitrogen and oxygen atoms in total. The summed E-state index contributed by atoms with van der Waals surface area (Å²) >= 11 is 3.41. The monoisotopic (exact) mass is 301 g/mol. The Morgan fingerprint density at radius 1 is 1.41 bits per heavy atom. The largest absolute Gasteiger partial charge is 0.380 e. The number of anilines is 1. The number of ether oxygens (including phenoxy) is 1. The zero-order valence-electron chi connectivity index (χ0n) is 11.0. The lowest BCUT2D eigenvalue weighted by molar-refractivity contribution is 0.128. The topological polar surface area (TPSA) is 47.0 Å². The van der Waals surface area contributed by atoms with Crippen molar-refractivity contribution in [2.75, 3.05) is 19.0 Å². The molecular weight excluding hydrogens is 282 g/mol. The van der Waals surface area contributed by atoms with E-state index in [2.05, 4.69) is 52.0 Å². The van der Waals surface area contributed by atoms with E-state index in [9.17, 15) is 0 Å². The van der Waals surface area contributed by atoms with Gasteiger partial charge in [-0.05, 0) is 22.9 Å². The summed E-state index contributed by atoms with van der Waals surface area (Å²) in [7, 11) is 1.70. The van der Waals surface area contributed by atoms with Crippen molar-refractivity contribution in [3.05, 3.63) is 16.5 Å². The maximum atomic E-state index is 5.18. The highest BCUT2D eigenvalue weighted by molar-refractivity contribution is 9.10. The van der Waals surface area contributed by atoms with Gasteiger partial charge in [-0.3, -0.25) is 0 Å². The van der Waals surface area contributed by atoms with Crippen molar-refractivity contribution >= 4 is 21.7 Å². The average Bonchev–Trinajstić information content (AvgIpc) is 2.24. The van der Waals surface area contributed by atoms with Crippen LogP contribution in [0.2, 0.25) is 0 Å². The zero-order chi connectivity index (χ0) is 13.1. The van der Waals surface area contributed by atoms with Crippen LogP contribution in [-0.4, -0.2) is 29.7 Å².